The predicted molar refractivity (Wildman–Crippen MR) is 101 cm³/mol. The van der Waals surface area contributed by atoms with Gasteiger partial charge in [-0.2, -0.15) is 0 Å². The average molecular weight is 387 g/mol. The largest absolute Gasteiger partial charge is 0.494 e. The van der Waals surface area contributed by atoms with E-state index in [1.54, 1.807) is 0 Å². The van der Waals surface area contributed by atoms with Gasteiger partial charge in [-0.15, -0.1) is 10.2 Å². The van der Waals surface area contributed by atoms with Crippen LogP contribution in [0.2, 0.25) is 0 Å². The van der Waals surface area contributed by atoms with Gasteiger partial charge >= 0.3 is 0 Å². The fraction of sp³-hybridized carbons (Fsp3) is 0.211. The third-order valence-electron chi connectivity index (χ3n) is 3.55. The molecule has 0 fully saturated rings. The van der Waals surface area contributed by atoms with Crippen molar-refractivity contribution in [2.75, 3.05) is 17.7 Å². The highest BCUT2D eigenvalue weighted by molar-refractivity contribution is 7.99. The molecule has 0 bridgehead atoms. The van der Waals surface area contributed by atoms with Gasteiger partial charge in [0.1, 0.15) is 11.6 Å². The second-order valence-corrected chi connectivity index (χ2v) is 6.42. The number of aromatic nitrogens is 2. The normalized spacial score (nSPS) is 10.6. The summed E-state index contributed by atoms with van der Waals surface area (Å²) in [5, 5.41) is 11.4. The molecular formula is C19H18FN3O3S. The predicted octanol–water partition coefficient (Wildman–Crippen LogP) is 4.19. The van der Waals surface area contributed by atoms with Crippen molar-refractivity contribution in [3.63, 3.8) is 0 Å². The molecule has 0 aliphatic carbocycles. The second kappa shape index (κ2) is 9.18. The molecule has 0 saturated carbocycles. The molecule has 0 aliphatic heterocycles. The van der Waals surface area contributed by atoms with Gasteiger partial charge in [0.25, 0.3) is 5.22 Å². The molecule has 0 spiro atoms. The molecule has 6 nitrogen and oxygen atoms in total. The highest BCUT2D eigenvalue weighted by atomic mass is 32.2. The molecule has 27 heavy (non-hydrogen) atoms. The van der Waals surface area contributed by atoms with E-state index in [1.165, 1.54) is 24.3 Å². The number of carbonyl (C=O) groups excluding carboxylic acids is 1. The summed E-state index contributed by atoms with van der Waals surface area (Å²) in [4.78, 5) is 12.1. The van der Waals surface area contributed by atoms with Gasteiger partial charge in [-0.3, -0.25) is 4.79 Å². The number of nitrogens with one attached hydrogen (secondary N) is 1. The van der Waals surface area contributed by atoms with E-state index < -0.39 is 0 Å². The number of hydrogen-bond acceptors (Lipinski definition) is 7. The standard InChI is InChI=1S/C19H18FN3O3S/c1-2-25-16-9-7-15(8-10-16)21-11-18-22-23-19(26-18)27-12-17(24)13-3-5-14(20)6-4-13/h3-10,21H,2,11-12H2,1H3. The first-order valence-corrected chi connectivity index (χ1v) is 9.33. The van der Waals surface area contributed by atoms with Crippen molar-refractivity contribution in [1.82, 2.24) is 10.2 Å². The minimum Gasteiger partial charge on any atom is -0.494 e. The summed E-state index contributed by atoms with van der Waals surface area (Å²) >= 11 is 1.15. The lowest BCUT2D eigenvalue weighted by molar-refractivity contribution is 0.102. The quantitative estimate of drug-likeness (QED) is 0.436. The number of nitrogens with zero attached hydrogens (tertiary/aromatic N) is 2. The number of carbonyl (C=O) groups is 1. The Bertz CT molecular complexity index is 882. The number of anilines is 1. The average Bonchev–Trinajstić information content (AvgIpc) is 3.14. The van der Waals surface area contributed by atoms with Gasteiger partial charge in [0.15, 0.2) is 5.78 Å². The van der Waals surface area contributed by atoms with Crippen LogP contribution in [-0.4, -0.2) is 28.3 Å². The Kier molecular flexibility index (Phi) is 6.43. The van der Waals surface area contributed by atoms with Gasteiger partial charge in [0.2, 0.25) is 5.89 Å². The maximum atomic E-state index is 12.9. The molecule has 0 radical (unpaired) electrons. The topological polar surface area (TPSA) is 77.2 Å². The van der Waals surface area contributed by atoms with Gasteiger partial charge in [0, 0.05) is 11.3 Å². The Morgan fingerprint density at radius 3 is 2.59 bits per heavy atom. The van der Waals surface area contributed by atoms with E-state index in [4.69, 9.17) is 9.15 Å². The van der Waals surface area contributed by atoms with E-state index in [1.807, 2.05) is 31.2 Å². The van der Waals surface area contributed by atoms with Crippen LogP contribution >= 0.6 is 11.8 Å². The Labute approximate surface area is 160 Å². The monoisotopic (exact) mass is 387 g/mol. The van der Waals surface area contributed by atoms with Crippen LogP contribution < -0.4 is 10.1 Å². The Morgan fingerprint density at radius 2 is 1.89 bits per heavy atom. The summed E-state index contributed by atoms with van der Waals surface area (Å²) in [5.41, 5.74) is 1.35. The van der Waals surface area contributed by atoms with Crippen molar-refractivity contribution in [1.29, 1.82) is 0 Å². The van der Waals surface area contributed by atoms with Gasteiger partial charge in [-0.05, 0) is 55.5 Å². The highest BCUT2D eigenvalue weighted by Gasteiger charge is 2.11. The molecule has 0 amide bonds. The lowest BCUT2D eigenvalue weighted by Crippen LogP contribution is -2.02. The van der Waals surface area contributed by atoms with Crippen LogP contribution in [0.15, 0.2) is 58.2 Å². The molecule has 0 aliphatic rings. The zero-order chi connectivity index (χ0) is 19.1. The Morgan fingerprint density at radius 1 is 1.15 bits per heavy atom. The fourth-order valence-electron chi connectivity index (χ4n) is 2.23. The van der Waals surface area contributed by atoms with Crippen molar-refractivity contribution >= 4 is 23.2 Å². The van der Waals surface area contributed by atoms with E-state index in [-0.39, 0.29) is 17.4 Å². The van der Waals surface area contributed by atoms with E-state index in [0.717, 1.165) is 23.2 Å². The summed E-state index contributed by atoms with van der Waals surface area (Å²) in [6, 6.07) is 13.0. The lowest BCUT2D eigenvalue weighted by Gasteiger charge is -2.06. The summed E-state index contributed by atoms with van der Waals surface area (Å²) in [6.07, 6.45) is 0. The minimum atomic E-state index is -0.374. The van der Waals surface area contributed by atoms with Crippen LogP contribution in [0.5, 0.6) is 5.75 Å². The smallest absolute Gasteiger partial charge is 0.277 e. The van der Waals surface area contributed by atoms with Crippen molar-refractivity contribution in [2.45, 2.75) is 18.7 Å². The van der Waals surface area contributed by atoms with E-state index in [9.17, 15) is 9.18 Å². The number of Topliss-reactive ketones (excluding diaryl/α,β-unsaturated/α-hetero) is 1. The summed E-state index contributed by atoms with van der Waals surface area (Å²) in [5.74, 6) is 0.860. The molecule has 0 saturated heterocycles. The Balaban J connectivity index is 1.48. The van der Waals surface area contributed by atoms with Gasteiger partial charge in [0.05, 0.1) is 18.9 Å². The number of ether oxygens (including phenoxy) is 1. The minimum absolute atomic E-state index is 0.132. The van der Waals surface area contributed by atoms with E-state index in [0.29, 0.717) is 29.8 Å². The van der Waals surface area contributed by atoms with E-state index in [2.05, 4.69) is 15.5 Å². The molecule has 1 aromatic heterocycles. The number of rotatable bonds is 9. The van der Waals surface area contributed by atoms with Crippen LogP contribution in [0.1, 0.15) is 23.2 Å². The number of halogens is 1. The molecule has 3 rings (SSSR count). The summed E-state index contributed by atoms with van der Waals surface area (Å²) < 4.78 is 23.8. The second-order valence-electron chi connectivity index (χ2n) is 5.49. The summed E-state index contributed by atoms with van der Waals surface area (Å²) in [6.45, 7) is 2.93. The fourth-order valence-corrected chi connectivity index (χ4v) is 2.90. The van der Waals surface area contributed by atoms with Crippen LogP contribution in [0.3, 0.4) is 0 Å². The molecule has 140 valence electrons. The maximum Gasteiger partial charge on any atom is 0.277 e. The number of benzene rings is 2. The third-order valence-corrected chi connectivity index (χ3v) is 4.37. The highest BCUT2D eigenvalue weighted by Crippen LogP contribution is 2.20. The van der Waals surface area contributed by atoms with Crippen molar-refractivity contribution in [3.05, 3.63) is 65.8 Å². The molecule has 0 atom stereocenters. The zero-order valence-electron chi connectivity index (χ0n) is 14.6. The lowest BCUT2D eigenvalue weighted by atomic mass is 10.1. The molecule has 2 aromatic carbocycles. The maximum absolute atomic E-state index is 12.9. The zero-order valence-corrected chi connectivity index (χ0v) is 15.5. The van der Waals surface area contributed by atoms with Crippen LogP contribution in [0, 0.1) is 5.82 Å². The van der Waals surface area contributed by atoms with Crippen LogP contribution in [0.4, 0.5) is 10.1 Å². The molecule has 0 unspecified atom stereocenters. The van der Waals surface area contributed by atoms with Gasteiger partial charge in [-0.1, -0.05) is 11.8 Å². The first-order valence-electron chi connectivity index (χ1n) is 8.34. The van der Waals surface area contributed by atoms with Crippen molar-refractivity contribution in [3.8, 4) is 5.75 Å². The first kappa shape index (κ1) is 18.9. The molecule has 3 aromatic rings. The van der Waals surface area contributed by atoms with Crippen molar-refractivity contribution in [2.24, 2.45) is 0 Å². The molecule has 1 N–H and O–H groups in total. The number of thioether (sulfide) groups is 1. The number of ketones is 1. The molecule has 8 heteroatoms. The third kappa shape index (κ3) is 5.55. The molecular weight excluding hydrogens is 369 g/mol. The summed E-state index contributed by atoms with van der Waals surface area (Å²) in [7, 11) is 0. The van der Waals surface area contributed by atoms with Gasteiger partial charge < -0.3 is 14.5 Å². The first-order chi connectivity index (χ1) is 13.1. The van der Waals surface area contributed by atoms with E-state index >= 15 is 0 Å². The SMILES string of the molecule is CCOc1ccc(NCc2nnc(SCC(=O)c3ccc(F)cc3)o2)cc1. The Hall–Kier alpha value is -2.87. The van der Waals surface area contributed by atoms with Gasteiger partial charge in [-0.25, -0.2) is 4.39 Å². The van der Waals surface area contributed by atoms with Crippen molar-refractivity contribution < 1.29 is 18.3 Å². The molecule has 1 heterocycles. The van der Waals surface area contributed by atoms with Crippen LogP contribution in [-0.2, 0) is 6.54 Å². The number of hydrogen-bond donors (Lipinski definition) is 1. The van der Waals surface area contributed by atoms with Crippen LogP contribution in [0.25, 0.3) is 0 Å².